The first kappa shape index (κ1) is 23.2. The number of carbonyl (C=O) groups is 2. The molecule has 0 fully saturated rings. The van der Waals surface area contributed by atoms with Crippen molar-refractivity contribution in [1.82, 2.24) is 5.43 Å². The van der Waals surface area contributed by atoms with Gasteiger partial charge in [0.05, 0.1) is 19.2 Å². The van der Waals surface area contributed by atoms with Crippen molar-refractivity contribution in [3.8, 4) is 5.75 Å². The molecule has 2 aromatic carbocycles. The van der Waals surface area contributed by atoms with Crippen molar-refractivity contribution in [3.63, 3.8) is 0 Å². The van der Waals surface area contributed by atoms with Crippen LogP contribution in [-0.2, 0) is 16.0 Å². The maximum absolute atomic E-state index is 12.5. The Bertz CT molecular complexity index is 900. The van der Waals surface area contributed by atoms with Gasteiger partial charge in [0, 0.05) is 18.3 Å². The molecule has 0 aromatic heterocycles. The minimum absolute atomic E-state index is 0. The van der Waals surface area contributed by atoms with Gasteiger partial charge >= 0.3 is 5.97 Å². The standard InChI is InChI=1S/C22H25N3O4.ClH/c1-3-28-21(26)13-19-10-8-17-12-18(9-11-20(17)29-19)25-22(27)16-6-4-15(5-7-16)14-24-23-2;/h4-7,9,11-12,14,19,23H,3,8,10,13H2,1-2H3,(H,25,27);1H. The van der Waals surface area contributed by atoms with Gasteiger partial charge in [0.25, 0.3) is 5.91 Å². The third kappa shape index (κ3) is 6.22. The van der Waals surface area contributed by atoms with Gasteiger partial charge in [-0.05, 0) is 61.2 Å². The number of halogens is 1. The molecule has 7 nitrogen and oxygen atoms in total. The maximum atomic E-state index is 12.5. The molecule has 0 aliphatic carbocycles. The van der Waals surface area contributed by atoms with Crippen molar-refractivity contribution in [2.75, 3.05) is 19.0 Å². The summed E-state index contributed by atoms with van der Waals surface area (Å²) < 4.78 is 10.9. The molecule has 0 radical (unpaired) electrons. The van der Waals surface area contributed by atoms with Crippen LogP contribution in [-0.4, -0.2) is 37.8 Å². The zero-order chi connectivity index (χ0) is 20.6. The Balaban J connectivity index is 0.00000320. The van der Waals surface area contributed by atoms with E-state index in [1.165, 1.54) is 0 Å². The van der Waals surface area contributed by atoms with Crippen LogP contribution >= 0.6 is 12.4 Å². The number of hydrogen-bond acceptors (Lipinski definition) is 6. The fourth-order valence-electron chi connectivity index (χ4n) is 3.13. The van der Waals surface area contributed by atoms with Crippen LogP contribution in [0.4, 0.5) is 5.69 Å². The number of hydrazone groups is 1. The lowest BCUT2D eigenvalue weighted by molar-refractivity contribution is -0.145. The number of rotatable bonds is 7. The number of benzene rings is 2. The Labute approximate surface area is 182 Å². The fourth-order valence-corrected chi connectivity index (χ4v) is 3.13. The van der Waals surface area contributed by atoms with Gasteiger partial charge in [-0.25, -0.2) is 0 Å². The predicted octanol–water partition coefficient (Wildman–Crippen LogP) is 3.56. The highest BCUT2D eigenvalue weighted by molar-refractivity contribution is 6.04. The summed E-state index contributed by atoms with van der Waals surface area (Å²) in [6.07, 6.45) is 3.27. The van der Waals surface area contributed by atoms with Gasteiger partial charge in [0.15, 0.2) is 0 Å². The molecule has 0 spiro atoms. The second-order valence-corrected chi connectivity index (χ2v) is 6.67. The number of anilines is 1. The average Bonchev–Trinajstić information content (AvgIpc) is 2.73. The van der Waals surface area contributed by atoms with Crippen molar-refractivity contribution < 1.29 is 19.1 Å². The Kier molecular flexibility index (Phi) is 8.68. The van der Waals surface area contributed by atoms with E-state index in [0.29, 0.717) is 17.9 Å². The van der Waals surface area contributed by atoms with Gasteiger partial charge in [-0.1, -0.05) is 12.1 Å². The van der Waals surface area contributed by atoms with E-state index in [1.54, 1.807) is 38.4 Å². The first-order chi connectivity index (χ1) is 14.1. The maximum Gasteiger partial charge on any atom is 0.309 e. The largest absolute Gasteiger partial charge is 0.490 e. The predicted molar refractivity (Wildman–Crippen MR) is 119 cm³/mol. The molecule has 3 rings (SSSR count). The van der Waals surface area contributed by atoms with Gasteiger partial charge in [0.2, 0.25) is 0 Å². The Morgan fingerprint density at radius 3 is 2.70 bits per heavy atom. The summed E-state index contributed by atoms with van der Waals surface area (Å²) in [4.78, 5) is 24.1. The number of nitrogens with one attached hydrogen (secondary N) is 2. The van der Waals surface area contributed by atoms with Gasteiger partial charge in [-0.15, -0.1) is 12.4 Å². The molecule has 2 aromatic rings. The molecule has 30 heavy (non-hydrogen) atoms. The van der Waals surface area contributed by atoms with E-state index in [2.05, 4.69) is 15.8 Å². The van der Waals surface area contributed by atoms with E-state index in [4.69, 9.17) is 9.47 Å². The third-order valence-electron chi connectivity index (χ3n) is 4.56. The number of carbonyl (C=O) groups excluding carboxylic acids is 2. The SMILES string of the molecule is CCOC(=O)CC1CCc2cc(NC(=O)c3ccc(C=NNC)cc3)ccc2O1.Cl. The van der Waals surface area contributed by atoms with Crippen LogP contribution < -0.4 is 15.5 Å². The van der Waals surface area contributed by atoms with Gasteiger partial charge < -0.3 is 20.2 Å². The average molecular weight is 432 g/mol. The summed E-state index contributed by atoms with van der Waals surface area (Å²) in [6.45, 7) is 2.16. The summed E-state index contributed by atoms with van der Waals surface area (Å²) >= 11 is 0. The molecule has 2 N–H and O–H groups in total. The van der Waals surface area contributed by atoms with Gasteiger partial charge in [-0.2, -0.15) is 5.10 Å². The lowest BCUT2D eigenvalue weighted by Gasteiger charge is -2.26. The minimum atomic E-state index is -0.243. The molecule has 0 saturated carbocycles. The van der Waals surface area contributed by atoms with E-state index in [-0.39, 0.29) is 36.8 Å². The Hall–Kier alpha value is -3.06. The summed E-state index contributed by atoms with van der Waals surface area (Å²) in [6, 6.07) is 12.7. The second kappa shape index (κ2) is 11.2. The lowest BCUT2D eigenvalue weighted by Crippen LogP contribution is -2.26. The highest BCUT2D eigenvalue weighted by Gasteiger charge is 2.23. The number of nitrogens with zero attached hydrogens (tertiary/aromatic N) is 1. The molecule has 1 aliphatic rings. The topological polar surface area (TPSA) is 89.0 Å². The summed E-state index contributed by atoms with van der Waals surface area (Å²) in [5.74, 6) is 0.323. The Morgan fingerprint density at radius 1 is 1.23 bits per heavy atom. The third-order valence-corrected chi connectivity index (χ3v) is 4.56. The van der Waals surface area contributed by atoms with Crippen LogP contribution in [0.5, 0.6) is 5.75 Å². The highest BCUT2D eigenvalue weighted by Crippen LogP contribution is 2.31. The van der Waals surface area contributed by atoms with Crippen LogP contribution in [0.15, 0.2) is 47.6 Å². The van der Waals surface area contributed by atoms with E-state index < -0.39 is 0 Å². The molecular formula is C22H26ClN3O4. The Morgan fingerprint density at radius 2 is 2.00 bits per heavy atom. The second-order valence-electron chi connectivity index (χ2n) is 6.67. The smallest absolute Gasteiger partial charge is 0.309 e. The zero-order valence-electron chi connectivity index (χ0n) is 17.0. The minimum Gasteiger partial charge on any atom is -0.490 e. The zero-order valence-corrected chi connectivity index (χ0v) is 17.8. The monoisotopic (exact) mass is 431 g/mol. The summed E-state index contributed by atoms with van der Waals surface area (Å²) in [5.41, 5.74) is 5.88. The molecule has 1 heterocycles. The molecule has 1 amide bonds. The van der Waals surface area contributed by atoms with E-state index in [0.717, 1.165) is 29.7 Å². The summed E-state index contributed by atoms with van der Waals surface area (Å²) in [5, 5.41) is 6.86. The van der Waals surface area contributed by atoms with Crippen LogP contribution in [0.25, 0.3) is 0 Å². The van der Waals surface area contributed by atoms with Crippen LogP contribution in [0.3, 0.4) is 0 Å². The summed E-state index contributed by atoms with van der Waals surface area (Å²) in [7, 11) is 1.72. The number of amides is 1. The van der Waals surface area contributed by atoms with E-state index >= 15 is 0 Å². The number of ether oxygens (including phenoxy) is 2. The number of hydrogen-bond donors (Lipinski definition) is 2. The first-order valence-corrected chi connectivity index (χ1v) is 9.65. The molecule has 1 unspecified atom stereocenters. The molecule has 8 heteroatoms. The molecule has 0 saturated heterocycles. The van der Waals surface area contributed by atoms with Crippen molar-refractivity contribution in [2.24, 2.45) is 5.10 Å². The van der Waals surface area contributed by atoms with Crippen LogP contribution in [0.2, 0.25) is 0 Å². The molecular weight excluding hydrogens is 406 g/mol. The van der Waals surface area contributed by atoms with Gasteiger partial charge in [0.1, 0.15) is 11.9 Å². The first-order valence-electron chi connectivity index (χ1n) is 9.65. The number of esters is 1. The van der Waals surface area contributed by atoms with Gasteiger partial charge in [-0.3, -0.25) is 9.59 Å². The fraction of sp³-hybridized carbons (Fsp3) is 0.318. The number of fused-ring (bicyclic) bond motifs is 1. The van der Waals surface area contributed by atoms with Crippen molar-refractivity contribution >= 4 is 36.2 Å². The van der Waals surface area contributed by atoms with Crippen molar-refractivity contribution in [3.05, 3.63) is 59.2 Å². The molecule has 1 aliphatic heterocycles. The van der Waals surface area contributed by atoms with Crippen molar-refractivity contribution in [2.45, 2.75) is 32.3 Å². The normalized spacial score (nSPS) is 14.8. The van der Waals surface area contributed by atoms with E-state index in [9.17, 15) is 9.59 Å². The van der Waals surface area contributed by atoms with Crippen LogP contribution in [0, 0.1) is 0 Å². The molecule has 1 atom stereocenters. The number of aryl methyl sites for hydroxylation is 1. The molecule has 160 valence electrons. The van der Waals surface area contributed by atoms with E-state index in [1.807, 2.05) is 24.3 Å². The quantitative estimate of drug-likeness (QED) is 0.397. The van der Waals surface area contributed by atoms with Crippen molar-refractivity contribution in [1.29, 1.82) is 0 Å². The lowest BCUT2D eigenvalue weighted by atomic mass is 10.00. The van der Waals surface area contributed by atoms with Crippen LogP contribution in [0.1, 0.15) is 41.3 Å². The molecule has 0 bridgehead atoms. The highest BCUT2D eigenvalue weighted by atomic mass is 35.5.